The molecule has 1 unspecified atom stereocenters. The molecule has 36 heavy (non-hydrogen) atoms. The second-order valence-electron chi connectivity index (χ2n) is 9.56. The van der Waals surface area contributed by atoms with Crippen molar-refractivity contribution in [1.82, 2.24) is 4.57 Å². The van der Waals surface area contributed by atoms with E-state index in [0.29, 0.717) is 37.7 Å². The Morgan fingerprint density at radius 2 is 1.69 bits per heavy atom. The number of esters is 1. The standard InChI is InChI=1S/C28H30N2O5S/c1-16-23(26(32)35-7)24(18-10-13-20(33-5)21(15-18)34-6)30-25(31)22(36-27(30)29-16)14-17-8-11-19(12-9-17)28(2,3)4/h8-15,24H,1-7H3. The predicted molar refractivity (Wildman–Crippen MR) is 140 cm³/mol. The highest BCUT2D eigenvalue weighted by Crippen LogP contribution is 2.36. The van der Waals surface area contributed by atoms with E-state index in [9.17, 15) is 9.59 Å². The van der Waals surface area contributed by atoms with E-state index in [-0.39, 0.29) is 11.0 Å². The first-order valence-electron chi connectivity index (χ1n) is 11.5. The summed E-state index contributed by atoms with van der Waals surface area (Å²) in [6, 6.07) is 12.8. The number of methoxy groups -OCH3 is 3. The summed E-state index contributed by atoms with van der Waals surface area (Å²) < 4.78 is 18.0. The quantitative estimate of drug-likeness (QED) is 0.493. The Morgan fingerprint density at radius 3 is 2.28 bits per heavy atom. The second-order valence-corrected chi connectivity index (χ2v) is 10.6. The van der Waals surface area contributed by atoms with Crippen LogP contribution in [0.2, 0.25) is 0 Å². The molecule has 1 aliphatic heterocycles. The smallest absolute Gasteiger partial charge is 0.338 e. The van der Waals surface area contributed by atoms with Crippen LogP contribution >= 0.6 is 11.3 Å². The van der Waals surface area contributed by atoms with Crippen molar-refractivity contribution >= 4 is 23.4 Å². The number of carbonyl (C=O) groups is 1. The zero-order valence-corrected chi connectivity index (χ0v) is 22.4. The summed E-state index contributed by atoms with van der Waals surface area (Å²) >= 11 is 1.29. The fraction of sp³-hybridized carbons (Fsp3) is 0.321. The Kier molecular flexibility index (Phi) is 6.91. The summed E-state index contributed by atoms with van der Waals surface area (Å²) in [5, 5.41) is 0. The van der Waals surface area contributed by atoms with Crippen molar-refractivity contribution in [2.45, 2.75) is 39.2 Å². The van der Waals surface area contributed by atoms with Crippen molar-refractivity contribution in [3.05, 3.63) is 90.1 Å². The zero-order valence-electron chi connectivity index (χ0n) is 21.5. The average molecular weight is 507 g/mol. The Bertz CT molecular complexity index is 1520. The van der Waals surface area contributed by atoms with Gasteiger partial charge in [0.25, 0.3) is 5.56 Å². The van der Waals surface area contributed by atoms with Gasteiger partial charge >= 0.3 is 5.97 Å². The third kappa shape index (κ3) is 4.60. The Labute approximate surface area is 214 Å². The molecule has 1 aliphatic rings. The lowest BCUT2D eigenvalue weighted by Gasteiger charge is -2.25. The number of ether oxygens (including phenoxy) is 3. The van der Waals surface area contributed by atoms with Gasteiger partial charge in [-0.2, -0.15) is 0 Å². The minimum atomic E-state index is -0.723. The van der Waals surface area contributed by atoms with Gasteiger partial charge in [-0.1, -0.05) is 62.4 Å². The van der Waals surface area contributed by atoms with Crippen LogP contribution < -0.4 is 24.4 Å². The van der Waals surface area contributed by atoms with Crippen molar-refractivity contribution in [1.29, 1.82) is 0 Å². The summed E-state index contributed by atoms with van der Waals surface area (Å²) in [5.74, 6) is 0.505. The van der Waals surface area contributed by atoms with Gasteiger partial charge in [0.2, 0.25) is 0 Å². The third-order valence-corrected chi connectivity index (χ3v) is 7.21. The van der Waals surface area contributed by atoms with Gasteiger partial charge in [0.05, 0.1) is 43.2 Å². The van der Waals surface area contributed by atoms with E-state index in [2.05, 4.69) is 37.9 Å². The van der Waals surface area contributed by atoms with Crippen LogP contribution in [-0.2, 0) is 14.9 Å². The molecular weight excluding hydrogens is 476 g/mol. The number of nitrogens with zero attached hydrogens (tertiary/aromatic N) is 2. The molecule has 0 radical (unpaired) electrons. The Hall–Kier alpha value is -3.65. The van der Waals surface area contributed by atoms with E-state index in [4.69, 9.17) is 14.2 Å². The number of allylic oxidation sites excluding steroid dienone is 1. The van der Waals surface area contributed by atoms with E-state index in [0.717, 1.165) is 5.56 Å². The minimum absolute atomic E-state index is 0.0408. The second kappa shape index (κ2) is 9.78. The van der Waals surface area contributed by atoms with Crippen LogP contribution in [0.4, 0.5) is 0 Å². The molecule has 188 valence electrons. The number of fused-ring (bicyclic) bond motifs is 1. The van der Waals surface area contributed by atoms with Crippen molar-refractivity contribution < 1.29 is 19.0 Å². The molecule has 0 N–H and O–H groups in total. The number of rotatable bonds is 5. The van der Waals surface area contributed by atoms with Crippen LogP contribution in [0.25, 0.3) is 6.08 Å². The van der Waals surface area contributed by atoms with Crippen LogP contribution in [0.15, 0.2) is 63.5 Å². The maximum atomic E-state index is 13.7. The molecule has 0 fully saturated rings. The van der Waals surface area contributed by atoms with Crippen molar-refractivity contribution in [3.63, 3.8) is 0 Å². The van der Waals surface area contributed by atoms with Gasteiger partial charge in [-0.3, -0.25) is 9.36 Å². The molecule has 7 nitrogen and oxygen atoms in total. The minimum Gasteiger partial charge on any atom is -0.493 e. The molecule has 0 amide bonds. The lowest BCUT2D eigenvalue weighted by atomic mass is 9.87. The summed E-state index contributed by atoms with van der Waals surface area (Å²) in [4.78, 5) is 31.7. The molecule has 3 aromatic rings. The first kappa shape index (κ1) is 25.4. The monoisotopic (exact) mass is 506 g/mol. The molecule has 1 aromatic heterocycles. The maximum Gasteiger partial charge on any atom is 0.338 e. The lowest BCUT2D eigenvalue weighted by Crippen LogP contribution is -2.39. The molecule has 0 spiro atoms. The van der Waals surface area contributed by atoms with Gasteiger partial charge in [-0.15, -0.1) is 0 Å². The van der Waals surface area contributed by atoms with E-state index < -0.39 is 12.0 Å². The highest BCUT2D eigenvalue weighted by Gasteiger charge is 2.33. The fourth-order valence-corrected chi connectivity index (χ4v) is 5.31. The normalized spacial score (nSPS) is 15.9. The number of hydrogen-bond donors (Lipinski definition) is 0. The Balaban J connectivity index is 1.92. The summed E-state index contributed by atoms with van der Waals surface area (Å²) in [5.41, 5.74) is 3.44. The molecule has 0 saturated heterocycles. The summed E-state index contributed by atoms with van der Waals surface area (Å²) in [6.45, 7) is 8.24. The fourth-order valence-electron chi connectivity index (χ4n) is 4.26. The van der Waals surface area contributed by atoms with Crippen LogP contribution in [0.3, 0.4) is 0 Å². The van der Waals surface area contributed by atoms with E-state index >= 15 is 0 Å². The van der Waals surface area contributed by atoms with Crippen LogP contribution in [-0.4, -0.2) is 31.9 Å². The largest absolute Gasteiger partial charge is 0.493 e. The molecule has 0 aliphatic carbocycles. The van der Waals surface area contributed by atoms with Crippen molar-refractivity contribution in [2.75, 3.05) is 21.3 Å². The van der Waals surface area contributed by atoms with Crippen LogP contribution in [0, 0.1) is 0 Å². The van der Waals surface area contributed by atoms with E-state index in [1.807, 2.05) is 24.3 Å². The van der Waals surface area contributed by atoms with Gasteiger partial charge in [0.15, 0.2) is 16.3 Å². The summed E-state index contributed by atoms with van der Waals surface area (Å²) in [6.07, 6.45) is 1.86. The summed E-state index contributed by atoms with van der Waals surface area (Å²) in [7, 11) is 4.42. The zero-order chi connectivity index (χ0) is 26.2. The van der Waals surface area contributed by atoms with Gasteiger partial charge in [-0.25, -0.2) is 9.79 Å². The highest BCUT2D eigenvalue weighted by atomic mass is 32.1. The molecule has 0 saturated carbocycles. The average Bonchev–Trinajstić information content (AvgIpc) is 3.16. The molecule has 2 aromatic carbocycles. The topological polar surface area (TPSA) is 79.1 Å². The number of thiazole rings is 1. The van der Waals surface area contributed by atoms with Crippen molar-refractivity contribution in [3.8, 4) is 11.5 Å². The molecule has 4 rings (SSSR count). The van der Waals surface area contributed by atoms with E-state index in [1.165, 1.54) is 24.0 Å². The first-order chi connectivity index (χ1) is 17.1. The molecule has 0 bridgehead atoms. The van der Waals surface area contributed by atoms with Gasteiger partial charge < -0.3 is 14.2 Å². The molecule has 8 heteroatoms. The number of aromatic nitrogens is 1. The van der Waals surface area contributed by atoms with Crippen LogP contribution in [0.5, 0.6) is 11.5 Å². The molecule has 1 atom stereocenters. The maximum absolute atomic E-state index is 13.7. The van der Waals surface area contributed by atoms with Gasteiger partial charge in [-0.05, 0) is 47.2 Å². The van der Waals surface area contributed by atoms with Gasteiger partial charge in [0.1, 0.15) is 0 Å². The SMILES string of the molecule is COC(=O)C1=C(C)N=c2sc(=Cc3ccc(C(C)(C)C)cc3)c(=O)n2C1c1ccc(OC)c(OC)c1. The Morgan fingerprint density at radius 1 is 1.03 bits per heavy atom. The van der Waals surface area contributed by atoms with Gasteiger partial charge in [0, 0.05) is 0 Å². The van der Waals surface area contributed by atoms with Crippen molar-refractivity contribution in [2.24, 2.45) is 4.99 Å². The number of hydrogen-bond acceptors (Lipinski definition) is 7. The predicted octanol–water partition coefficient (Wildman–Crippen LogP) is 3.72. The lowest BCUT2D eigenvalue weighted by molar-refractivity contribution is -0.136. The first-order valence-corrected chi connectivity index (χ1v) is 12.3. The number of carbonyl (C=O) groups excluding carboxylic acids is 1. The molecule has 2 heterocycles. The number of benzene rings is 2. The van der Waals surface area contributed by atoms with Crippen LogP contribution in [0.1, 0.15) is 50.4 Å². The van der Waals surface area contributed by atoms with E-state index in [1.54, 1.807) is 37.8 Å². The third-order valence-electron chi connectivity index (χ3n) is 6.22. The highest BCUT2D eigenvalue weighted by molar-refractivity contribution is 7.07. The molecular formula is C28H30N2O5S.